The number of benzene rings is 1. The summed E-state index contributed by atoms with van der Waals surface area (Å²) in [5.74, 6) is 0.564. The van der Waals surface area contributed by atoms with Crippen molar-refractivity contribution in [1.29, 1.82) is 0 Å². The van der Waals surface area contributed by atoms with Gasteiger partial charge in [-0.1, -0.05) is 12.8 Å². The van der Waals surface area contributed by atoms with E-state index >= 15 is 0 Å². The molecular weight excluding hydrogens is 278 g/mol. The van der Waals surface area contributed by atoms with E-state index in [1.54, 1.807) is 28.6 Å². The van der Waals surface area contributed by atoms with E-state index in [1.807, 2.05) is 0 Å². The lowest BCUT2D eigenvalue weighted by molar-refractivity contribution is 0.201. The zero-order valence-corrected chi connectivity index (χ0v) is 12.3. The van der Waals surface area contributed by atoms with E-state index < -0.39 is 10.0 Å². The van der Waals surface area contributed by atoms with Crippen LogP contribution in [-0.2, 0) is 10.0 Å². The summed E-state index contributed by atoms with van der Waals surface area (Å²) in [5, 5.41) is 8.68. The minimum Gasteiger partial charge on any atom is -0.491 e. The average Bonchev–Trinajstić information content (AvgIpc) is 2.75. The molecule has 20 heavy (non-hydrogen) atoms. The first-order valence-corrected chi connectivity index (χ1v) is 8.42. The highest BCUT2D eigenvalue weighted by Crippen LogP contribution is 2.22. The standard InChI is InChI=1S/C14H21NO4S/c16-11-12-19-13-5-7-14(8-6-13)20(17,18)15-9-3-1-2-4-10-15/h5-8,16H,1-4,9-12H2. The lowest BCUT2D eigenvalue weighted by Gasteiger charge is -2.20. The first-order chi connectivity index (χ1) is 9.64. The van der Waals surface area contributed by atoms with E-state index in [9.17, 15) is 8.42 Å². The molecule has 1 N–H and O–H groups in total. The SMILES string of the molecule is O=S(=O)(c1ccc(OCCO)cc1)N1CCCCCC1. The lowest BCUT2D eigenvalue weighted by atomic mass is 10.2. The number of rotatable bonds is 5. The summed E-state index contributed by atoms with van der Waals surface area (Å²) in [7, 11) is -3.39. The summed E-state index contributed by atoms with van der Waals surface area (Å²) in [4.78, 5) is 0.302. The van der Waals surface area contributed by atoms with Crippen LogP contribution in [-0.4, -0.2) is 44.1 Å². The Kier molecular flexibility index (Phi) is 5.39. The highest BCUT2D eigenvalue weighted by Gasteiger charge is 2.24. The Hall–Kier alpha value is -1.11. The minimum atomic E-state index is -3.39. The molecule has 0 amide bonds. The molecule has 6 heteroatoms. The van der Waals surface area contributed by atoms with Gasteiger partial charge in [0, 0.05) is 13.1 Å². The van der Waals surface area contributed by atoms with E-state index in [2.05, 4.69) is 0 Å². The van der Waals surface area contributed by atoms with Crippen LogP contribution in [0.15, 0.2) is 29.2 Å². The maximum atomic E-state index is 12.5. The van der Waals surface area contributed by atoms with Crippen molar-refractivity contribution in [3.63, 3.8) is 0 Å². The van der Waals surface area contributed by atoms with E-state index in [1.165, 1.54) is 0 Å². The summed E-state index contributed by atoms with van der Waals surface area (Å²) < 4.78 is 31.8. The number of hydrogen-bond donors (Lipinski definition) is 1. The summed E-state index contributed by atoms with van der Waals surface area (Å²) in [6.07, 6.45) is 4.05. The smallest absolute Gasteiger partial charge is 0.243 e. The summed E-state index contributed by atoms with van der Waals surface area (Å²) in [5.41, 5.74) is 0. The molecule has 1 aromatic carbocycles. The molecule has 1 aliphatic rings. The highest BCUT2D eigenvalue weighted by atomic mass is 32.2. The van der Waals surface area contributed by atoms with Crippen LogP contribution in [0, 0.1) is 0 Å². The number of aliphatic hydroxyl groups is 1. The predicted molar refractivity (Wildman–Crippen MR) is 76.2 cm³/mol. The van der Waals surface area contributed by atoms with Gasteiger partial charge in [-0.15, -0.1) is 0 Å². The third-order valence-electron chi connectivity index (χ3n) is 3.39. The van der Waals surface area contributed by atoms with Gasteiger partial charge in [0.25, 0.3) is 0 Å². The Morgan fingerprint density at radius 3 is 2.20 bits per heavy atom. The fraction of sp³-hybridized carbons (Fsp3) is 0.571. The molecule has 0 aromatic heterocycles. The molecule has 1 saturated heterocycles. The zero-order valence-electron chi connectivity index (χ0n) is 11.5. The largest absolute Gasteiger partial charge is 0.491 e. The van der Waals surface area contributed by atoms with Crippen molar-refractivity contribution in [2.45, 2.75) is 30.6 Å². The second-order valence-corrected chi connectivity index (χ2v) is 6.80. The normalized spacial score (nSPS) is 17.6. The molecule has 1 aromatic rings. The third kappa shape index (κ3) is 3.71. The Labute approximate surface area is 120 Å². The van der Waals surface area contributed by atoms with Crippen LogP contribution in [0.1, 0.15) is 25.7 Å². The fourth-order valence-corrected chi connectivity index (χ4v) is 3.82. The quantitative estimate of drug-likeness (QED) is 0.897. The minimum absolute atomic E-state index is 0.0617. The van der Waals surface area contributed by atoms with Crippen LogP contribution < -0.4 is 4.74 Å². The molecule has 0 spiro atoms. The number of hydrogen-bond acceptors (Lipinski definition) is 4. The molecule has 1 fully saturated rings. The van der Waals surface area contributed by atoms with Gasteiger partial charge in [0.2, 0.25) is 10.0 Å². The lowest BCUT2D eigenvalue weighted by Crippen LogP contribution is -2.31. The Bertz CT molecular complexity index is 504. The van der Waals surface area contributed by atoms with Crippen molar-refractivity contribution in [2.24, 2.45) is 0 Å². The van der Waals surface area contributed by atoms with Gasteiger partial charge in [0.05, 0.1) is 11.5 Å². The molecule has 5 nitrogen and oxygen atoms in total. The third-order valence-corrected chi connectivity index (χ3v) is 5.30. The van der Waals surface area contributed by atoms with E-state index in [-0.39, 0.29) is 13.2 Å². The second kappa shape index (κ2) is 7.06. The molecule has 112 valence electrons. The van der Waals surface area contributed by atoms with Crippen LogP contribution in [0.25, 0.3) is 0 Å². The Morgan fingerprint density at radius 2 is 1.65 bits per heavy atom. The molecular formula is C14H21NO4S. The number of aliphatic hydroxyl groups excluding tert-OH is 1. The monoisotopic (exact) mass is 299 g/mol. The molecule has 0 atom stereocenters. The fourth-order valence-electron chi connectivity index (χ4n) is 2.30. The van der Waals surface area contributed by atoms with Crippen LogP contribution in [0.4, 0.5) is 0 Å². The van der Waals surface area contributed by atoms with Crippen molar-refractivity contribution >= 4 is 10.0 Å². The van der Waals surface area contributed by atoms with Crippen molar-refractivity contribution in [1.82, 2.24) is 4.31 Å². The van der Waals surface area contributed by atoms with Gasteiger partial charge in [-0.2, -0.15) is 4.31 Å². The molecule has 0 bridgehead atoms. The molecule has 1 aliphatic heterocycles. The Balaban J connectivity index is 2.12. The predicted octanol–water partition coefficient (Wildman–Crippen LogP) is 1.62. The van der Waals surface area contributed by atoms with Crippen LogP contribution in [0.5, 0.6) is 5.75 Å². The van der Waals surface area contributed by atoms with E-state index in [0.29, 0.717) is 23.7 Å². The van der Waals surface area contributed by atoms with E-state index in [4.69, 9.17) is 9.84 Å². The maximum absolute atomic E-state index is 12.5. The molecule has 0 aliphatic carbocycles. The molecule has 0 unspecified atom stereocenters. The van der Waals surface area contributed by atoms with Crippen molar-refractivity contribution in [3.8, 4) is 5.75 Å². The van der Waals surface area contributed by atoms with Gasteiger partial charge < -0.3 is 9.84 Å². The summed E-state index contributed by atoms with van der Waals surface area (Å²) in [6, 6.07) is 6.38. The zero-order chi connectivity index (χ0) is 14.4. The van der Waals surface area contributed by atoms with Gasteiger partial charge in [0.15, 0.2) is 0 Å². The van der Waals surface area contributed by atoms with Crippen molar-refractivity contribution in [2.75, 3.05) is 26.3 Å². The van der Waals surface area contributed by atoms with Crippen molar-refractivity contribution in [3.05, 3.63) is 24.3 Å². The number of nitrogens with zero attached hydrogens (tertiary/aromatic N) is 1. The Morgan fingerprint density at radius 1 is 1.05 bits per heavy atom. The summed E-state index contributed by atoms with van der Waals surface area (Å²) in [6.45, 7) is 1.35. The second-order valence-electron chi connectivity index (χ2n) is 4.86. The first kappa shape index (κ1) is 15.3. The average molecular weight is 299 g/mol. The van der Waals surface area contributed by atoms with Crippen LogP contribution in [0.2, 0.25) is 0 Å². The van der Waals surface area contributed by atoms with Crippen molar-refractivity contribution < 1.29 is 18.3 Å². The van der Waals surface area contributed by atoms with Crippen LogP contribution >= 0.6 is 0 Å². The number of ether oxygens (including phenoxy) is 1. The van der Waals surface area contributed by atoms with E-state index in [0.717, 1.165) is 25.7 Å². The van der Waals surface area contributed by atoms with Gasteiger partial charge in [-0.25, -0.2) is 8.42 Å². The first-order valence-electron chi connectivity index (χ1n) is 6.98. The molecule has 0 saturated carbocycles. The summed E-state index contributed by atoms with van der Waals surface area (Å²) >= 11 is 0. The van der Waals surface area contributed by atoms with Crippen LogP contribution in [0.3, 0.4) is 0 Å². The maximum Gasteiger partial charge on any atom is 0.243 e. The van der Waals surface area contributed by atoms with Gasteiger partial charge in [-0.3, -0.25) is 0 Å². The topological polar surface area (TPSA) is 66.8 Å². The van der Waals surface area contributed by atoms with Gasteiger partial charge in [0.1, 0.15) is 12.4 Å². The van der Waals surface area contributed by atoms with Gasteiger partial charge in [-0.05, 0) is 37.1 Å². The number of sulfonamides is 1. The molecule has 2 rings (SSSR count). The van der Waals surface area contributed by atoms with Gasteiger partial charge >= 0.3 is 0 Å². The highest BCUT2D eigenvalue weighted by molar-refractivity contribution is 7.89. The molecule has 0 radical (unpaired) electrons. The molecule has 1 heterocycles.